The molecular weight excluding hydrogens is 234 g/mol. The third kappa shape index (κ3) is 3.57. The molecule has 3 nitrogen and oxygen atoms in total. The third-order valence-corrected chi connectivity index (χ3v) is 3.44. The number of nitrogens with two attached hydrogens (primary N) is 1. The SMILES string of the molecule is CC(C)CCCn1cc(CC(C)N)c2cccnc21. The second kappa shape index (κ2) is 6.20. The summed E-state index contributed by atoms with van der Waals surface area (Å²) in [4.78, 5) is 4.53. The van der Waals surface area contributed by atoms with Gasteiger partial charge in [0.1, 0.15) is 5.65 Å². The second-order valence-electron chi connectivity index (χ2n) is 5.94. The van der Waals surface area contributed by atoms with Crippen molar-refractivity contribution in [1.29, 1.82) is 0 Å². The van der Waals surface area contributed by atoms with E-state index in [9.17, 15) is 0 Å². The summed E-state index contributed by atoms with van der Waals surface area (Å²) in [6.07, 6.45) is 7.49. The highest BCUT2D eigenvalue weighted by molar-refractivity contribution is 5.80. The standard InChI is InChI=1S/C16H25N3/c1-12(2)6-5-9-19-11-14(10-13(3)17)15-7-4-8-18-16(15)19/h4,7-8,11-13H,5-6,9-10,17H2,1-3H3. The average molecular weight is 259 g/mol. The molecule has 19 heavy (non-hydrogen) atoms. The van der Waals surface area contributed by atoms with Gasteiger partial charge < -0.3 is 10.3 Å². The van der Waals surface area contributed by atoms with Gasteiger partial charge in [0.05, 0.1) is 0 Å². The Morgan fingerprint density at radius 2 is 2.11 bits per heavy atom. The first-order valence-electron chi connectivity index (χ1n) is 7.26. The molecule has 0 aromatic carbocycles. The van der Waals surface area contributed by atoms with Crippen LogP contribution < -0.4 is 5.73 Å². The minimum absolute atomic E-state index is 0.190. The number of nitrogens with zero attached hydrogens (tertiary/aromatic N) is 2. The zero-order valence-electron chi connectivity index (χ0n) is 12.3. The van der Waals surface area contributed by atoms with Crippen molar-refractivity contribution in [3.63, 3.8) is 0 Å². The fraction of sp³-hybridized carbons (Fsp3) is 0.562. The van der Waals surface area contributed by atoms with E-state index in [2.05, 4.69) is 42.6 Å². The maximum atomic E-state index is 5.93. The van der Waals surface area contributed by atoms with Gasteiger partial charge in [0.25, 0.3) is 0 Å². The molecule has 0 saturated carbocycles. The van der Waals surface area contributed by atoms with Gasteiger partial charge in [-0.25, -0.2) is 4.98 Å². The van der Waals surface area contributed by atoms with Crippen LogP contribution in [0.2, 0.25) is 0 Å². The molecule has 2 aromatic rings. The molecule has 0 saturated heterocycles. The van der Waals surface area contributed by atoms with Gasteiger partial charge in [0.15, 0.2) is 0 Å². The number of hydrogen-bond donors (Lipinski definition) is 1. The number of rotatable bonds is 6. The van der Waals surface area contributed by atoms with Crippen molar-refractivity contribution in [1.82, 2.24) is 9.55 Å². The molecule has 2 heterocycles. The number of pyridine rings is 1. The summed E-state index contributed by atoms with van der Waals surface area (Å²) >= 11 is 0. The zero-order chi connectivity index (χ0) is 13.8. The summed E-state index contributed by atoms with van der Waals surface area (Å²) in [5.41, 5.74) is 8.36. The summed E-state index contributed by atoms with van der Waals surface area (Å²) in [5, 5.41) is 1.25. The fourth-order valence-electron chi connectivity index (χ4n) is 2.55. The monoisotopic (exact) mass is 259 g/mol. The fourth-order valence-corrected chi connectivity index (χ4v) is 2.55. The average Bonchev–Trinajstić information content (AvgIpc) is 2.67. The van der Waals surface area contributed by atoms with Crippen LogP contribution in [-0.2, 0) is 13.0 Å². The highest BCUT2D eigenvalue weighted by atomic mass is 15.0. The first-order chi connectivity index (χ1) is 9.08. The number of fused-ring (bicyclic) bond motifs is 1. The molecule has 0 spiro atoms. The van der Waals surface area contributed by atoms with E-state index >= 15 is 0 Å². The lowest BCUT2D eigenvalue weighted by Crippen LogP contribution is -2.17. The Hall–Kier alpha value is -1.35. The first-order valence-corrected chi connectivity index (χ1v) is 7.26. The predicted molar refractivity (Wildman–Crippen MR) is 81.2 cm³/mol. The Labute approximate surface area is 115 Å². The largest absolute Gasteiger partial charge is 0.332 e. The van der Waals surface area contributed by atoms with Crippen LogP contribution >= 0.6 is 0 Å². The van der Waals surface area contributed by atoms with Crippen LogP contribution in [0, 0.1) is 5.92 Å². The molecule has 0 bridgehead atoms. The molecule has 2 N–H and O–H groups in total. The summed E-state index contributed by atoms with van der Waals surface area (Å²) in [6, 6.07) is 4.35. The van der Waals surface area contributed by atoms with Crippen molar-refractivity contribution in [2.24, 2.45) is 11.7 Å². The normalized spacial score (nSPS) is 13.3. The maximum Gasteiger partial charge on any atom is 0.140 e. The predicted octanol–water partition coefficient (Wildman–Crippen LogP) is 3.36. The molecule has 2 rings (SSSR count). The van der Waals surface area contributed by atoms with Gasteiger partial charge in [-0.3, -0.25) is 0 Å². The van der Waals surface area contributed by atoms with Crippen molar-refractivity contribution in [2.45, 2.75) is 52.6 Å². The second-order valence-corrected chi connectivity index (χ2v) is 5.94. The minimum Gasteiger partial charge on any atom is -0.332 e. The Morgan fingerprint density at radius 1 is 1.32 bits per heavy atom. The molecule has 3 heteroatoms. The van der Waals surface area contributed by atoms with Crippen LogP contribution in [0.15, 0.2) is 24.5 Å². The molecule has 0 aliphatic carbocycles. The lowest BCUT2D eigenvalue weighted by molar-refractivity contribution is 0.516. The van der Waals surface area contributed by atoms with E-state index in [-0.39, 0.29) is 6.04 Å². The smallest absolute Gasteiger partial charge is 0.140 e. The lowest BCUT2D eigenvalue weighted by Gasteiger charge is -2.06. The van der Waals surface area contributed by atoms with Crippen LogP contribution in [0.3, 0.4) is 0 Å². The van der Waals surface area contributed by atoms with E-state index in [1.807, 2.05) is 12.3 Å². The van der Waals surface area contributed by atoms with Gasteiger partial charge in [-0.15, -0.1) is 0 Å². The van der Waals surface area contributed by atoms with Gasteiger partial charge in [-0.1, -0.05) is 13.8 Å². The number of aromatic nitrogens is 2. The minimum atomic E-state index is 0.190. The van der Waals surface area contributed by atoms with Crippen LogP contribution in [0.25, 0.3) is 11.0 Å². The molecule has 1 atom stereocenters. The maximum absolute atomic E-state index is 5.93. The van der Waals surface area contributed by atoms with E-state index in [0.717, 1.165) is 24.5 Å². The van der Waals surface area contributed by atoms with Gasteiger partial charge >= 0.3 is 0 Å². The van der Waals surface area contributed by atoms with E-state index in [1.165, 1.54) is 23.8 Å². The lowest BCUT2D eigenvalue weighted by atomic mass is 10.1. The highest BCUT2D eigenvalue weighted by Crippen LogP contribution is 2.21. The Morgan fingerprint density at radius 3 is 2.79 bits per heavy atom. The summed E-state index contributed by atoms with van der Waals surface area (Å²) in [6.45, 7) is 7.64. The molecule has 0 fully saturated rings. The van der Waals surface area contributed by atoms with Gasteiger partial charge in [-0.2, -0.15) is 0 Å². The van der Waals surface area contributed by atoms with Crippen molar-refractivity contribution < 1.29 is 0 Å². The van der Waals surface area contributed by atoms with Crippen LogP contribution in [0.1, 0.15) is 39.2 Å². The Kier molecular flexibility index (Phi) is 4.59. The Balaban J connectivity index is 2.23. The molecule has 0 amide bonds. The van der Waals surface area contributed by atoms with Gasteiger partial charge in [0.2, 0.25) is 0 Å². The molecule has 2 aromatic heterocycles. The van der Waals surface area contributed by atoms with Crippen LogP contribution in [0.5, 0.6) is 0 Å². The van der Waals surface area contributed by atoms with E-state index in [1.54, 1.807) is 0 Å². The van der Waals surface area contributed by atoms with Crippen molar-refractivity contribution in [3.8, 4) is 0 Å². The van der Waals surface area contributed by atoms with E-state index in [0.29, 0.717) is 0 Å². The summed E-state index contributed by atoms with van der Waals surface area (Å²) in [7, 11) is 0. The van der Waals surface area contributed by atoms with Gasteiger partial charge in [-0.05, 0) is 49.8 Å². The molecule has 0 aliphatic rings. The molecular formula is C16H25N3. The molecule has 1 unspecified atom stereocenters. The van der Waals surface area contributed by atoms with Crippen molar-refractivity contribution >= 4 is 11.0 Å². The summed E-state index contributed by atoms with van der Waals surface area (Å²) in [5.74, 6) is 0.762. The topological polar surface area (TPSA) is 43.8 Å². The number of hydrogen-bond acceptors (Lipinski definition) is 2. The van der Waals surface area contributed by atoms with Crippen molar-refractivity contribution in [3.05, 3.63) is 30.1 Å². The molecule has 0 radical (unpaired) electrons. The van der Waals surface area contributed by atoms with E-state index < -0.39 is 0 Å². The number of aryl methyl sites for hydroxylation is 1. The molecule has 104 valence electrons. The van der Waals surface area contributed by atoms with Gasteiger partial charge in [0, 0.05) is 30.4 Å². The first kappa shape index (κ1) is 14.1. The zero-order valence-corrected chi connectivity index (χ0v) is 12.3. The summed E-state index contributed by atoms with van der Waals surface area (Å²) < 4.78 is 2.29. The van der Waals surface area contributed by atoms with Crippen LogP contribution in [0.4, 0.5) is 0 Å². The van der Waals surface area contributed by atoms with E-state index in [4.69, 9.17) is 5.73 Å². The van der Waals surface area contributed by atoms with Crippen LogP contribution in [-0.4, -0.2) is 15.6 Å². The Bertz CT molecular complexity index is 526. The third-order valence-electron chi connectivity index (χ3n) is 3.44. The highest BCUT2D eigenvalue weighted by Gasteiger charge is 2.10. The molecule has 0 aliphatic heterocycles. The van der Waals surface area contributed by atoms with Crippen molar-refractivity contribution in [2.75, 3.05) is 0 Å². The quantitative estimate of drug-likeness (QED) is 0.864.